The van der Waals surface area contributed by atoms with E-state index in [1.54, 1.807) is 22.8 Å². The highest BCUT2D eigenvalue weighted by molar-refractivity contribution is 6.10. The first-order chi connectivity index (χ1) is 28.0. The van der Waals surface area contributed by atoms with Crippen LogP contribution in [0.1, 0.15) is 12.3 Å². The second-order valence-corrected chi connectivity index (χ2v) is 11.5. The summed E-state index contributed by atoms with van der Waals surface area (Å²) in [7, 11) is 0. The average Bonchev–Trinajstić information content (AvgIpc) is 3.61. The molecule has 4 nitrogen and oxygen atoms in total. The molecular weight excluding hydrogens is 597 g/mol. The Morgan fingerprint density at radius 3 is 1.57 bits per heavy atom. The van der Waals surface area contributed by atoms with Gasteiger partial charge in [0.25, 0.3) is 0 Å². The van der Waals surface area contributed by atoms with Crippen LogP contribution in [0, 0.1) is 0 Å². The van der Waals surface area contributed by atoms with Crippen LogP contribution in [0.5, 0.6) is 0 Å². The summed E-state index contributed by atoms with van der Waals surface area (Å²) in [5.74, 6) is 1.63. The predicted octanol–water partition coefficient (Wildman–Crippen LogP) is 11.3. The summed E-state index contributed by atoms with van der Waals surface area (Å²) in [5, 5.41) is 0.834. The fourth-order valence-corrected chi connectivity index (χ4v) is 6.11. The third-order valence-electron chi connectivity index (χ3n) is 8.47. The van der Waals surface area contributed by atoms with Gasteiger partial charge in [0, 0.05) is 33.2 Å². The Labute approximate surface area is 297 Å². The monoisotopic (exact) mass is 635 g/mol. The minimum absolute atomic E-state index is 0.0167. The van der Waals surface area contributed by atoms with E-state index in [4.69, 9.17) is 27.3 Å². The van der Waals surface area contributed by atoms with E-state index >= 15 is 0 Å². The van der Waals surface area contributed by atoms with Gasteiger partial charge in [0.15, 0.2) is 17.5 Å². The lowest BCUT2D eigenvalue weighted by Crippen LogP contribution is -2.00. The number of hydrogen-bond donors (Lipinski definition) is 0. The summed E-state index contributed by atoms with van der Waals surface area (Å²) < 4.78 is 78.5. The molecule has 0 atom stereocenters. The fourth-order valence-electron chi connectivity index (χ4n) is 6.11. The summed E-state index contributed by atoms with van der Waals surface area (Å²) in [5.41, 5.74) is 5.92. The van der Waals surface area contributed by atoms with E-state index in [9.17, 15) is 0 Å². The van der Waals surface area contributed by atoms with Gasteiger partial charge in [-0.2, -0.15) is 0 Å². The molecule has 9 aromatic rings. The maximum atomic E-state index is 9.02. The minimum atomic E-state index is -0.496. The zero-order valence-electron chi connectivity index (χ0n) is 34.9. The van der Waals surface area contributed by atoms with Crippen molar-refractivity contribution in [1.82, 2.24) is 19.5 Å². The van der Waals surface area contributed by atoms with Crippen LogP contribution < -0.4 is 0 Å². The third kappa shape index (κ3) is 5.35. The van der Waals surface area contributed by atoms with E-state index in [1.807, 2.05) is 109 Å². The Morgan fingerprint density at radius 1 is 0.367 bits per heavy atom. The molecule has 0 aliphatic carbocycles. The minimum Gasteiger partial charge on any atom is -0.309 e. The van der Waals surface area contributed by atoms with E-state index < -0.39 is 18.1 Å². The molecule has 0 saturated carbocycles. The fraction of sp³-hybridized carbons (Fsp3) is 0. The van der Waals surface area contributed by atoms with Crippen LogP contribution in [0.15, 0.2) is 182 Å². The highest BCUT2D eigenvalue weighted by Gasteiger charge is 2.15. The van der Waals surface area contributed by atoms with Crippen molar-refractivity contribution in [2.45, 2.75) is 0 Å². The zero-order chi connectivity index (χ0) is 40.4. The molecule has 0 fully saturated rings. The van der Waals surface area contributed by atoms with Gasteiger partial charge in [0.2, 0.25) is 0 Å². The summed E-state index contributed by atoms with van der Waals surface area (Å²) in [4.78, 5) is 14.5. The van der Waals surface area contributed by atoms with Gasteiger partial charge in [-0.15, -0.1) is 0 Å². The van der Waals surface area contributed by atoms with Crippen LogP contribution in [0.3, 0.4) is 0 Å². The normalized spacial score (nSPS) is 13.8. The second-order valence-electron chi connectivity index (χ2n) is 11.5. The molecule has 0 spiro atoms. The van der Waals surface area contributed by atoms with Gasteiger partial charge in [0.05, 0.1) is 23.4 Å². The lowest BCUT2D eigenvalue weighted by atomic mass is 10.0. The molecule has 0 bridgehead atoms. The van der Waals surface area contributed by atoms with Crippen LogP contribution in [0.2, 0.25) is 0 Å². The van der Waals surface area contributed by atoms with Gasteiger partial charge in [-0.25, -0.2) is 15.0 Å². The van der Waals surface area contributed by atoms with Gasteiger partial charge in [-0.05, 0) is 46.5 Å². The van der Waals surface area contributed by atoms with Crippen LogP contribution >= 0.6 is 0 Å². The Kier molecular flexibility index (Phi) is 5.11. The molecule has 2 aromatic heterocycles. The largest absolute Gasteiger partial charge is 0.309 e. The van der Waals surface area contributed by atoms with Crippen molar-refractivity contribution in [1.29, 1.82) is 0 Å². The highest BCUT2D eigenvalue weighted by Crippen LogP contribution is 2.36. The Morgan fingerprint density at radius 2 is 0.898 bits per heavy atom. The standard InChI is InChI=1S/C45H30N4/c1-4-13-31(14-5-1)37-27-28-40-39-21-10-11-22-41(39)49(42(40)30-37)38-20-12-19-36(29-38)32-23-25-35(26-24-32)45-47-43(33-15-6-2-7-16-33)46-44(48-45)34-17-8-3-9-18-34/h1-30H/i1D,4D,5D,10D,11D,13D,14D,21D,22D. The Hall–Kier alpha value is -6.65. The third-order valence-corrected chi connectivity index (χ3v) is 8.47. The van der Waals surface area contributed by atoms with Gasteiger partial charge in [0.1, 0.15) is 0 Å². The second kappa shape index (κ2) is 12.2. The topological polar surface area (TPSA) is 43.6 Å². The molecule has 2 heterocycles. The van der Waals surface area contributed by atoms with E-state index in [1.165, 1.54) is 0 Å². The zero-order valence-corrected chi connectivity index (χ0v) is 25.9. The van der Waals surface area contributed by atoms with Crippen LogP contribution in [0.4, 0.5) is 0 Å². The molecule has 0 amide bonds. The van der Waals surface area contributed by atoms with Crippen molar-refractivity contribution in [2.75, 3.05) is 0 Å². The van der Waals surface area contributed by atoms with Gasteiger partial charge in [-0.3, -0.25) is 0 Å². The molecule has 0 aliphatic rings. The number of aromatic nitrogens is 4. The van der Waals surface area contributed by atoms with Crippen LogP contribution in [0.25, 0.3) is 83.9 Å². The molecule has 230 valence electrons. The first kappa shape index (κ1) is 20.6. The lowest BCUT2D eigenvalue weighted by Gasteiger charge is -2.12. The Bertz CT molecular complexity index is 3010. The van der Waals surface area contributed by atoms with Crippen LogP contribution in [-0.4, -0.2) is 19.5 Å². The number of para-hydroxylation sites is 1. The molecule has 0 N–H and O–H groups in total. The summed E-state index contributed by atoms with van der Waals surface area (Å²) in [6.45, 7) is 0. The van der Waals surface area contributed by atoms with Crippen molar-refractivity contribution in [3.63, 3.8) is 0 Å². The molecular formula is C45H30N4. The first-order valence-corrected chi connectivity index (χ1v) is 15.7. The molecule has 0 unspecified atom stereocenters. The van der Waals surface area contributed by atoms with E-state index in [0.29, 0.717) is 45.0 Å². The first-order valence-electron chi connectivity index (χ1n) is 20.2. The number of benzene rings is 7. The average molecular weight is 636 g/mol. The molecule has 4 heteroatoms. The maximum absolute atomic E-state index is 9.02. The predicted molar refractivity (Wildman–Crippen MR) is 201 cm³/mol. The van der Waals surface area contributed by atoms with Crippen molar-refractivity contribution >= 4 is 21.8 Å². The molecule has 0 radical (unpaired) electrons. The Balaban J connectivity index is 1.19. The van der Waals surface area contributed by atoms with Gasteiger partial charge < -0.3 is 4.57 Å². The summed E-state index contributed by atoms with van der Waals surface area (Å²) in [6.07, 6.45) is 0. The molecule has 49 heavy (non-hydrogen) atoms. The summed E-state index contributed by atoms with van der Waals surface area (Å²) >= 11 is 0. The molecule has 0 aliphatic heterocycles. The number of nitrogens with zero attached hydrogens (tertiary/aromatic N) is 4. The lowest BCUT2D eigenvalue weighted by molar-refractivity contribution is 1.07. The van der Waals surface area contributed by atoms with Crippen molar-refractivity contribution in [3.05, 3.63) is 182 Å². The van der Waals surface area contributed by atoms with E-state index in [0.717, 1.165) is 27.8 Å². The maximum Gasteiger partial charge on any atom is 0.164 e. The highest BCUT2D eigenvalue weighted by atomic mass is 15.0. The van der Waals surface area contributed by atoms with Crippen LogP contribution in [-0.2, 0) is 0 Å². The molecule has 7 aromatic carbocycles. The van der Waals surface area contributed by atoms with E-state index in [-0.39, 0.29) is 47.3 Å². The molecule has 0 saturated heterocycles. The number of fused-ring (bicyclic) bond motifs is 3. The number of hydrogen-bond acceptors (Lipinski definition) is 3. The number of rotatable bonds is 6. The van der Waals surface area contributed by atoms with Gasteiger partial charge in [-0.1, -0.05) is 158 Å². The van der Waals surface area contributed by atoms with Crippen molar-refractivity contribution < 1.29 is 12.3 Å². The smallest absolute Gasteiger partial charge is 0.164 e. The SMILES string of the molecule is [2H]c1c([2H])c([2H])c(-c2ccc3c4c([2H])c([2H])c([2H])c([2H])c4n(-c4cccc(-c5ccc(-c6nc(-c7ccccc7)nc(-c7ccccc7)n6)cc5)c4)c3c2)c([2H])c1[2H]. The van der Waals surface area contributed by atoms with Gasteiger partial charge >= 0.3 is 0 Å². The summed E-state index contributed by atoms with van der Waals surface area (Å²) in [6, 6.07) is 36.6. The van der Waals surface area contributed by atoms with Crippen molar-refractivity contribution in [2.24, 2.45) is 0 Å². The molecule has 9 rings (SSSR count). The van der Waals surface area contributed by atoms with E-state index in [2.05, 4.69) is 0 Å². The quantitative estimate of drug-likeness (QED) is 0.183. The van der Waals surface area contributed by atoms with Crippen molar-refractivity contribution in [3.8, 4) is 62.1 Å².